The third-order valence-corrected chi connectivity index (χ3v) is 7.95. The number of tetrazole rings is 1. The van der Waals surface area contributed by atoms with Crippen molar-refractivity contribution in [2.45, 2.75) is 38.1 Å². The summed E-state index contributed by atoms with van der Waals surface area (Å²) in [4.78, 5) is 32.7. The summed E-state index contributed by atoms with van der Waals surface area (Å²) in [6.45, 7) is 0.617. The fraction of sp³-hybridized carbons (Fsp3) is 0.310. The lowest BCUT2D eigenvalue weighted by atomic mass is 9.81. The van der Waals surface area contributed by atoms with E-state index in [-0.39, 0.29) is 18.2 Å². The number of amides is 2. The van der Waals surface area contributed by atoms with Gasteiger partial charge >= 0.3 is 0 Å². The van der Waals surface area contributed by atoms with Crippen LogP contribution >= 0.6 is 11.6 Å². The van der Waals surface area contributed by atoms with Crippen molar-refractivity contribution in [1.29, 1.82) is 0 Å². The maximum absolute atomic E-state index is 14.0. The number of nitrogens with zero attached hydrogens (tertiary/aromatic N) is 5. The number of nitrogens with one attached hydrogen (secondary N) is 1. The van der Waals surface area contributed by atoms with Gasteiger partial charge in [0.1, 0.15) is 6.04 Å². The van der Waals surface area contributed by atoms with Crippen LogP contribution in [0.2, 0.25) is 5.02 Å². The Balaban J connectivity index is 1.44. The first kappa shape index (κ1) is 27.4. The molecule has 2 aromatic carbocycles. The molecule has 1 atom stereocenters. The first-order valence-corrected chi connectivity index (χ1v) is 13.7. The van der Waals surface area contributed by atoms with Crippen molar-refractivity contribution in [1.82, 2.24) is 25.6 Å². The molecule has 0 unspecified atom stereocenters. The fourth-order valence-corrected chi connectivity index (χ4v) is 5.52. The molecule has 40 heavy (non-hydrogen) atoms. The molecule has 1 aliphatic rings. The van der Waals surface area contributed by atoms with E-state index in [1.807, 2.05) is 24.3 Å². The number of aromatic nitrogens is 5. The highest BCUT2D eigenvalue weighted by molar-refractivity contribution is 6.33. The van der Waals surface area contributed by atoms with E-state index < -0.39 is 11.9 Å². The molecular weight excluding hydrogens is 528 g/mol. The highest BCUT2D eigenvalue weighted by atomic mass is 35.5. The number of aromatic amines is 1. The minimum Gasteiger partial charge on any atom is -0.368 e. The van der Waals surface area contributed by atoms with Crippen LogP contribution in [0.25, 0.3) is 22.5 Å². The van der Waals surface area contributed by atoms with E-state index >= 15 is 0 Å². The van der Waals surface area contributed by atoms with Crippen molar-refractivity contribution < 1.29 is 9.59 Å². The molecule has 0 bridgehead atoms. The Bertz CT molecular complexity index is 1440. The molecule has 2 heterocycles. The third-order valence-electron chi connectivity index (χ3n) is 7.62. The van der Waals surface area contributed by atoms with Gasteiger partial charge in [0.25, 0.3) is 0 Å². The summed E-state index contributed by atoms with van der Waals surface area (Å²) in [5.41, 5.74) is 15.7. The van der Waals surface area contributed by atoms with E-state index in [1.54, 1.807) is 47.6 Å². The third kappa shape index (κ3) is 6.03. The molecule has 1 aliphatic carbocycles. The number of anilines is 1. The molecule has 11 heteroatoms. The SMILES string of the molecule is NCC1CCC(C(=O)N(c2ccc(-c3nn[nH]n3)cc2)[C@@H](Cc2ccc(-c3cnccc3Cl)cc2)C(N)=O)CC1. The van der Waals surface area contributed by atoms with Crippen molar-refractivity contribution in [2.75, 3.05) is 11.4 Å². The van der Waals surface area contributed by atoms with Crippen molar-refractivity contribution in [3.63, 3.8) is 0 Å². The van der Waals surface area contributed by atoms with Crippen LogP contribution in [0.4, 0.5) is 5.69 Å². The first-order valence-electron chi connectivity index (χ1n) is 13.3. The molecule has 0 radical (unpaired) electrons. The van der Waals surface area contributed by atoms with Crippen molar-refractivity contribution in [3.8, 4) is 22.5 Å². The van der Waals surface area contributed by atoms with E-state index in [4.69, 9.17) is 23.1 Å². The van der Waals surface area contributed by atoms with Gasteiger partial charge in [-0.25, -0.2) is 0 Å². The average Bonchev–Trinajstić information content (AvgIpc) is 3.53. The average molecular weight is 559 g/mol. The van der Waals surface area contributed by atoms with Crippen LogP contribution in [0, 0.1) is 11.8 Å². The lowest BCUT2D eigenvalue weighted by molar-refractivity contribution is -0.127. The maximum Gasteiger partial charge on any atom is 0.240 e. The van der Waals surface area contributed by atoms with Crippen LogP contribution in [0.5, 0.6) is 0 Å². The van der Waals surface area contributed by atoms with Crippen molar-refractivity contribution >= 4 is 29.1 Å². The summed E-state index contributed by atoms with van der Waals surface area (Å²) in [6, 6.07) is 15.7. The fourth-order valence-electron chi connectivity index (χ4n) is 5.31. The Labute approximate surface area is 237 Å². The van der Waals surface area contributed by atoms with E-state index in [2.05, 4.69) is 25.6 Å². The Morgan fingerprint density at radius 2 is 1.70 bits per heavy atom. The number of halogens is 1. The van der Waals surface area contributed by atoms with E-state index in [0.717, 1.165) is 47.9 Å². The van der Waals surface area contributed by atoms with Gasteiger partial charge in [-0.2, -0.15) is 5.21 Å². The van der Waals surface area contributed by atoms with Crippen LogP contribution in [-0.2, 0) is 16.0 Å². The minimum absolute atomic E-state index is 0.106. The molecule has 0 aliphatic heterocycles. The van der Waals surface area contributed by atoms with Crippen LogP contribution < -0.4 is 16.4 Å². The van der Waals surface area contributed by atoms with Crippen molar-refractivity contribution in [2.24, 2.45) is 23.3 Å². The number of primary amides is 1. The van der Waals surface area contributed by atoms with Gasteiger partial charge < -0.3 is 11.5 Å². The molecular formula is C29H31ClN8O2. The Kier molecular flexibility index (Phi) is 8.47. The topological polar surface area (TPSA) is 157 Å². The number of rotatable bonds is 9. The lowest BCUT2D eigenvalue weighted by Gasteiger charge is -2.35. The quantitative estimate of drug-likeness (QED) is 0.282. The molecule has 206 valence electrons. The summed E-state index contributed by atoms with van der Waals surface area (Å²) < 4.78 is 0. The number of pyridine rings is 1. The predicted octanol–water partition coefficient (Wildman–Crippen LogP) is 3.78. The molecule has 1 fully saturated rings. The second-order valence-corrected chi connectivity index (χ2v) is 10.5. The maximum atomic E-state index is 14.0. The molecule has 2 aromatic heterocycles. The Morgan fingerprint density at radius 3 is 2.30 bits per heavy atom. The molecule has 0 saturated heterocycles. The number of hydrogen-bond donors (Lipinski definition) is 3. The molecule has 1 saturated carbocycles. The molecule has 2 amide bonds. The second-order valence-electron chi connectivity index (χ2n) is 10.1. The second kappa shape index (κ2) is 12.4. The van der Waals surface area contributed by atoms with Gasteiger partial charge in [-0.3, -0.25) is 19.5 Å². The van der Waals surface area contributed by atoms with Crippen molar-refractivity contribution in [3.05, 3.63) is 77.6 Å². The largest absolute Gasteiger partial charge is 0.368 e. The molecule has 4 aromatic rings. The smallest absolute Gasteiger partial charge is 0.240 e. The van der Waals surface area contributed by atoms with Gasteiger partial charge in [-0.1, -0.05) is 35.9 Å². The zero-order valence-electron chi connectivity index (χ0n) is 21.9. The lowest BCUT2D eigenvalue weighted by Crippen LogP contribution is -2.52. The van der Waals surface area contributed by atoms with Gasteiger partial charge in [-0.15, -0.1) is 10.2 Å². The summed E-state index contributed by atoms with van der Waals surface area (Å²) in [7, 11) is 0. The number of carbonyl (C=O) groups excluding carboxylic acids is 2. The first-order chi connectivity index (χ1) is 19.4. The summed E-state index contributed by atoms with van der Waals surface area (Å²) in [5.74, 6) is -0.0390. The highest BCUT2D eigenvalue weighted by Crippen LogP contribution is 2.33. The normalized spacial score (nSPS) is 17.8. The van der Waals surface area contributed by atoms with Crippen LogP contribution in [0.15, 0.2) is 67.0 Å². The molecule has 5 N–H and O–H groups in total. The summed E-state index contributed by atoms with van der Waals surface area (Å²) >= 11 is 6.34. The standard InChI is InChI=1S/C29H31ClN8O2/c30-25-13-14-33-17-24(25)20-5-1-18(2-6-20)15-26(27(32)39)38(29(40)22-7-3-19(16-31)4-8-22)23-11-9-21(10-12-23)28-34-36-37-35-28/h1-2,5-6,9-14,17,19,22,26H,3-4,7-8,15-16,31H2,(H2,32,39)(H,34,35,36,37)/t19?,22?,26-/m0/s1. The van der Waals surface area contributed by atoms with E-state index in [9.17, 15) is 9.59 Å². The predicted molar refractivity (Wildman–Crippen MR) is 153 cm³/mol. The Morgan fingerprint density at radius 1 is 1.00 bits per heavy atom. The van der Waals surface area contributed by atoms with Gasteiger partial charge in [-0.05, 0) is 84.8 Å². The van der Waals surface area contributed by atoms with Gasteiger partial charge in [0.05, 0.1) is 5.02 Å². The number of benzene rings is 2. The van der Waals surface area contributed by atoms with Gasteiger partial charge in [0, 0.05) is 41.5 Å². The highest BCUT2D eigenvalue weighted by Gasteiger charge is 2.36. The van der Waals surface area contributed by atoms with Gasteiger partial charge in [0.2, 0.25) is 17.6 Å². The molecule has 10 nitrogen and oxygen atoms in total. The number of hydrogen-bond acceptors (Lipinski definition) is 7. The number of nitrogens with two attached hydrogens (primary N) is 2. The van der Waals surface area contributed by atoms with Crippen LogP contribution in [-0.4, -0.2) is 50.0 Å². The molecule has 5 rings (SSSR count). The number of H-pyrrole nitrogens is 1. The molecule has 0 spiro atoms. The zero-order valence-corrected chi connectivity index (χ0v) is 22.7. The minimum atomic E-state index is -0.886. The van der Waals surface area contributed by atoms with Crippen LogP contribution in [0.3, 0.4) is 0 Å². The number of carbonyl (C=O) groups is 2. The van der Waals surface area contributed by atoms with Crippen LogP contribution in [0.1, 0.15) is 31.2 Å². The van der Waals surface area contributed by atoms with E-state index in [0.29, 0.717) is 29.0 Å². The Hall–Kier alpha value is -4.15. The summed E-state index contributed by atoms with van der Waals surface area (Å²) in [5, 5.41) is 14.7. The van der Waals surface area contributed by atoms with E-state index in [1.165, 1.54) is 0 Å². The monoisotopic (exact) mass is 558 g/mol. The zero-order chi connectivity index (χ0) is 28.1. The summed E-state index contributed by atoms with van der Waals surface area (Å²) in [6.07, 6.45) is 6.83. The van der Waals surface area contributed by atoms with Gasteiger partial charge in [0.15, 0.2) is 0 Å².